The van der Waals surface area contributed by atoms with Crippen LogP contribution in [0.4, 0.5) is 18.9 Å². The molecule has 0 saturated carbocycles. The van der Waals surface area contributed by atoms with Crippen molar-refractivity contribution in [2.75, 3.05) is 11.9 Å². The zero-order valence-electron chi connectivity index (χ0n) is 11.9. The first-order valence-corrected chi connectivity index (χ1v) is 6.15. The maximum absolute atomic E-state index is 12.0. The smallest absolute Gasteiger partial charge is 0.371 e. The predicted molar refractivity (Wildman–Crippen MR) is 69.4 cm³/mol. The molecule has 20 heavy (non-hydrogen) atoms. The number of carbonyl (C=O) groups excluding carboxylic acids is 1. The number of amides is 1. The molecule has 0 aliphatic rings. The van der Waals surface area contributed by atoms with Crippen LogP contribution in [-0.2, 0) is 10.3 Å². The lowest BCUT2D eigenvalue weighted by Crippen LogP contribution is -2.42. The van der Waals surface area contributed by atoms with E-state index in [1.807, 2.05) is 26.1 Å². The molecule has 1 aromatic heterocycles. The Bertz CT molecular complexity index is 462. The van der Waals surface area contributed by atoms with Crippen molar-refractivity contribution in [3.63, 3.8) is 0 Å². The fourth-order valence-electron chi connectivity index (χ4n) is 1.42. The SMILES string of the molecule is C[C@@H](Nc1cnn(C(C)(C)C)c1)C(=O)NCC(F)(F)F. The minimum absolute atomic E-state index is 0.207. The Balaban J connectivity index is 2.56. The summed E-state index contributed by atoms with van der Waals surface area (Å²) in [6.07, 6.45) is -1.18. The van der Waals surface area contributed by atoms with Crippen molar-refractivity contribution in [1.29, 1.82) is 0 Å². The highest BCUT2D eigenvalue weighted by Crippen LogP contribution is 2.16. The Kier molecular flexibility index (Phi) is 4.67. The summed E-state index contributed by atoms with van der Waals surface area (Å²) in [7, 11) is 0. The third-order valence-corrected chi connectivity index (χ3v) is 2.51. The van der Waals surface area contributed by atoms with E-state index in [2.05, 4.69) is 10.4 Å². The highest BCUT2D eigenvalue weighted by atomic mass is 19.4. The standard InChI is InChI=1S/C12H19F3N4O/c1-8(10(20)16-7-12(13,14)15)18-9-5-17-19(6-9)11(2,3)4/h5-6,8,18H,7H2,1-4H3,(H,16,20)/t8-/m1/s1. The highest BCUT2D eigenvalue weighted by Gasteiger charge is 2.28. The minimum atomic E-state index is -4.41. The number of hydrogen-bond acceptors (Lipinski definition) is 3. The van der Waals surface area contributed by atoms with E-state index in [-0.39, 0.29) is 5.54 Å². The molecule has 1 amide bonds. The van der Waals surface area contributed by atoms with Crippen molar-refractivity contribution in [2.24, 2.45) is 0 Å². The Morgan fingerprint density at radius 1 is 1.40 bits per heavy atom. The van der Waals surface area contributed by atoms with Gasteiger partial charge in [-0.05, 0) is 27.7 Å². The molecule has 1 aromatic rings. The van der Waals surface area contributed by atoms with Gasteiger partial charge in [0, 0.05) is 6.20 Å². The molecule has 0 spiro atoms. The number of alkyl halides is 3. The molecule has 0 unspecified atom stereocenters. The van der Waals surface area contributed by atoms with E-state index in [1.54, 1.807) is 10.9 Å². The molecule has 1 heterocycles. The summed E-state index contributed by atoms with van der Waals surface area (Å²) in [5.41, 5.74) is 0.372. The van der Waals surface area contributed by atoms with E-state index in [0.29, 0.717) is 5.69 Å². The molecule has 0 radical (unpaired) electrons. The zero-order chi connectivity index (χ0) is 15.6. The van der Waals surface area contributed by atoms with Crippen LogP contribution in [0.25, 0.3) is 0 Å². The first-order chi connectivity index (χ1) is 8.99. The molecule has 1 atom stereocenters. The van der Waals surface area contributed by atoms with Crippen LogP contribution >= 0.6 is 0 Å². The van der Waals surface area contributed by atoms with E-state index in [4.69, 9.17) is 0 Å². The van der Waals surface area contributed by atoms with Crippen LogP contribution in [0.15, 0.2) is 12.4 Å². The number of hydrogen-bond donors (Lipinski definition) is 2. The van der Waals surface area contributed by atoms with E-state index in [9.17, 15) is 18.0 Å². The monoisotopic (exact) mass is 292 g/mol. The third kappa shape index (κ3) is 5.10. The van der Waals surface area contributed by atoms with Crippen molar-refractivity contribution in [3.8, 4) is 0 Å². The van der Waals surface area contributed by atoms with Crippen LogP contribution in [0.2, 0.25) is 0 Å². The van der Waals surface area contributed by atoms with Gasteiger partial charge in [-0.25, -0.2) is 0 Å². The lowest BCUT2D eigenvalue weighted by atomic mass is 10.1. The summed E-state index contributed by atoms with van der Waals surface area (Å²) >= 11 is 0. The largest absolute Gasteiger partial charge is 0.405 e. The fourth-order valence-corrected chi connectivity index (χ4v) is 1.42. The third-order valence-electron chi connectivity index (χ3n) is 2.51. The number of nitrogens with one attached hydrogen (secondary N) is 2. The van der Waals surface area contributed by atoms with E-state index in [0.717, 1.165) is 0 Å². The van der Waals surface area contributed by atoms with Gasteiger partial charge >= 0.3 is 6.18 Å². The number of halogens is 3. The molecule has 0 aliphatic carbocycles. The topological polar surface area (TPSA) is 59.0 Å². The number of nitrogens with zero attached hydrogens (tertiary/aromatic N) is 2. The van der Waals surface area contributed by atoms with Crippen LogP contribution in [0.5, 0.6) is 0 Å². The summed E-state index contributed by atoms with van der Waals surface area (Å²) in [6, 6.07) is -0.782. The summed E-state index contributed by atoms with van der Waals surface area (Å²) < 4.78 is 37.7. The van der Waals surface area contributed by atoms with Gasteiger partial charge in [0.05, 0.1) is 17.4 Å². The number of aromatic nitrogens is 2. The van der Waals surface area contributed by atoms with Gasteiger partial charge in [0.15, 0.2) is 0 Å². The average molecular weight is 292 g/mol. The van der Waals surface area contributed by atoms with Crippen LogP contribution in [-0.4, -0.2) is 34.5 Å². The summed E-state index contributed by atoms with van der Waals surface area (Å²) in [4.78, 5) is 11.5. The van der Waals surface area contributed by atoms with Gasteiger partial charge in [-0.2, -0.15) is 18.3 Å². The van der Waals surface area contributed by atoms with Gasteiger partial charge < -0.3 is 10.6 Å². The normalized spacial score (nSPS) is 13.9. The second-order valence-corrected chi connectivity index (χ2v) is 5.54. The molecule has 0 saturated heterocycles. The lowest BCUT2D eigenvalue weighted by molar-refractivity contribution is -0.138. The molecule has 0 fully saturated rings. The second-order valence-electron chi connectivity index (χ2n) is 5.54. The average Bonchev–Trinajstić information content (AvgIpc) is 2.72. The fraction of sp³-hybridized carbons (Fsp3) is 0.667. The van der Waals surface area contributed by atoms with Crippen molar-refractivity contribution in [3.05, 3.63) is 12.4 Å². The molecule has 114 valence electrons. The number of anilines is 1. The quantitative estimate of drug-likeness (QED) is 0.893. The maximum atomic E-state index is 12.0. The highest BCUT2D eigenvalue weighted by molar-refractivity contribution is 5.84. The number of carbonyl (C=O) groups is 1. The first-order valence-electron chi connectivity index (χ1n) is 6.15. The van der Waals surface area contributed by atoms with E-state index < -0.39 is 24.7 Å². The predicted octanol–water partition coefficient (Wildman–Crippen LogP) is 2.12. The van der Waals surface area contributed by atoms with Gasteiger partial charge in [-0.3, -0.25) is 9.48 Å². The summed E-state index contributed by atoms with van der Waals surface area (Å²) in [5, 5.41) is 8.76. The van der Waals surface area contributed by atoms with Crippen LogP contribution < -0.4 is 10.6 Å². The lowest BCUT2D eigenvalue weighted by Gasteiger charge is -2.19. The van der Waals surface area contributed by atoms with Gasteiger partial charge in [0.2, 0.25) is 5.91 Å². The van der Waals surface area contributed by atoms with Gasteiger partial charge in [-0.1, -0.05) is 0 Å². The van der Waals surface area contributed by atoms with Crippen molar-refractivity contribution >= 4 is 11.6 Å². The van der Waals surface area contributed by atoms with Crippen molar-refractivity contribution in [2.45, 2.75) is 45.5 Å². The molecular weight excluding hydrogens is 273 g/mol. The summed E-state index contributed by atoms with van der Waals surface area (Å²) in [5.74, 6) is -0.717. The van der Waals surface area contributed by atoms with Crippen LogP contribution in [0, 0.1) is 0 Å². The maximum Gasteiger partial charge on any atom is 0.405 e. The second kappa shape index (κ2) is 5.72. The molecule has 2 N–H and O–H groups in total. The molecule has 0 aliphatic heterocycles. The molecule has 5 nitrogen and oxygen atoms in total. The van der Waals surface area contributed by atoms with E-state index in [1.165, 1.54) is 13.1 Å². The molecule has 0 aromatic carbocycles. The minimum Gasteiger partial charge on any atom is -0.371 e. The van der Waals surface area contributed by atoms with Crippen LogP contribution in [0.1, 0.15) is 27.7 Å². The van der Waals surface area contributed by atoms with Gasteiger partial charge in [0.25, 0.3) is 0 Å². The van der Waals surface area contributed by atoms with Gasteiger partial charge in [0.1, 0.15) is 12.6 Å². The van der Waals surface area contributed by atoms with Crippen molar-refractivity contribution in [1.82, 2.24) is 15.1 Å². The molecule has 1 rings (SSSR count). The Hall–Kier alpha value is -1.73. The Labute approximate surface area is 115 Å². The number of rotatable bonds is 4. The molecule has 0 bridgehead atoms. The molecule has 8 heteroatoms. The van der Waals surface area contributed by atoms with Crippen LogP contribution in [0.3, 0.4) is 0 Å². The molecular formula is C12H19F3N4O. The Morgan fingerprint density at radius 3 is 2.45 bits per heavy atom. The first kappa shape index (κ1) is 16.3. The summed E-state index contributed by atoms with van der Waals surface area (Å²) in [6.45, 7) is 6.04. The van der Waals surface area contributed by atoms with Crippen molar-refractivity contribution < 1.29 is 18.0 Å². The zero-order valence-corrected chi connectivity index (χ0v) is 11.9. The Morgan fingerprint density at radius 2 is 2.00 bits per heavy atom. The van der Waals surface area contributed by atoms with Gasteiger partial charge in [-0.15, -0.1) is 0 Å². The van der Waals surface area contributed by atoms with E-state index >= 15 is 0 Å².